The Morgan fingerprint density at radius 2 is 1.97 bits per heavy atom. The van der Waals surface area contributed by atoms with Crippen LogP contribution in [0.5, 0.6) is 0 Å². The lowest BCUT2D eigenvalue weighted by atomic mass is 9.78. The summed E-state index contributed by atoms with van der Waals surface area (Å²) in [6.07, 6.45) is 5.09. The number of nitrogen functional groups attached to an aromatic ring is 1. The van der Waals surface area contributed by atoms with E-state index in [0.717, 1.165) is 73.9 Å². The van der Waals surface area contributed by atoms with Gasteiger partial charge >= 0.3 is 0 Å². The van der Waals surface area contributed by atoms with Crippen LogP contribution in [0.2, 0.25) is 0 Å². The first kappa shape index (κ1) is 22.7. The van der Waals surface area contributed by atoms with E-state index in [9.17, 15) is 4.79 Å². The van der Waals surface area contributed by atoms with Crippen LogP contribution in [0.25, 0.3) is 22.0 Å². The number of nitrogens with zero attached hydrogens (tertiary/aromatic N) is 3. The van der Waals surface area contributed by atoms with Gasteiger partial charge in [0.2, 0.25) is 6.41 Å². The highest BCUT2D eigenvalue weighted by molar-refractivity contribution is 5.91. The minimum atomic E-state index is -0.245. The lowest BCUT2D eigenvalue weighted by Crippen LogP contribution is -2.40. The van der Waals surface area contributed by atoms with Crippen LogP contribution in [0.3, 0.4) is 0 Å². The number of ether oxygens (including phenoxy) is 1. The second-order valence-corrected chi connectivity index (χ2v) is 9.58. The summed E-state index contributed by atoms with van der Waals surface area (Å²) in [5.41, 5.74) is 12.8. The van der Waals surface area contributed by atoms with Gasteiger partial charge in [0.05, 0.1) is 30.0 Å². The molecular formula is C28H34N4O2. The quantitative estimate of drug-likeness (QED) is 0.533. The molecule has 6 heteroatoms. The largest absolute Gasteiger partial charge is 0.382 e. The van der Waals surface area contributed by atoms with Crippen molar-refractivity contribution in [3.63, 3.8) is 0 Å². The molecule has 2 aromatic carbocycles. The number of hydrogen-bond acceptors (Lipinski definition) is 5. The van der Waals surface area contributed by atoms with E-state index in [0.29, 0.717) is 19.0 Å². The molecule has 34 heavy (non-hydrogen) atoms. The summed E-state index contributed by atoms with van der Waals surface area (Å²) in [5, 5.41) is 1.07. The maximum atomic E-state index is 12.1. The van der Waals surface area contributed by atoms with E-state index in [1.807, 2.05) is 4.90 Å². The molecule has 1 atom stereocenters. The number of likely N-dealkylation sites (tertiary alicyclic amines) is 1. The third-order valence-corrected chi connectivity index (χ3v) is 7.57. The number of rotatable bonds is 6. The molecule has 1 aromatic heterocycles. The lowest BCUT2D eigenvalue weighted by Gasteiger charge is -2.39. The Bertz CT molecular complexity index is 1200. The lowest BCUT2D eigenvalue weighted by molar-refractivity contribution is -0.122. The number of amides is 1. The molecule has 1 unspecified atom stereocenters. The minimum absolute atomic E-state index is 0.245. The topological polar surface area (TPSA) is 71.7 Å². The average molecular weight is 459 g/mol. The smallest absolute Gasteiger partial charge is 0.210 e. The Balaban J connectivity index is 1.65. The first-order valence-electron chi connectivity index (χ1n) is 12.4. The number of morpholine rings is 1. The predicted octanol–water partition coefficient (Wildman–Crippen LogP) is 4.88. The summed E-state index contributed by atoms with van der Waals surface area (Å²) >= 11 is 0. The normalized spacial score (nSPS) is 20.8. The standard InChI is InChI=1S/C28H34N4O2/c1-3-10-28(11-5-12-32(28)19-33)23-7-4-6-20(2)26(23)21-8-9-24-22(17-21)18-25(27(29)30-24)31-13-15-34-16-14-31/h4,6-9,17-19H,3,5,10-16H2,1-2H3,(H2,29,30). The molecular weight excluding hydrogens is 424 g/mol. The zero-order chi connectivity index (χ0) is 23.7. The number of fused-ring (bicyclic) bond motifs is 1. The van der Waals surface area contributed by atoms with E-state index < -0.39 is 0 Å². The van der Waals surface area contributed by atoms with E-state index in [1.165, 1.54) is 16.7 Å². The van der Waals surface area contributed by atoms with Gasteiger partial charge in [0, 0.05) is 25.0 Å². The Hall–Kier alpha value is -3.12. The maximum Gasteiger partial charge on any atom is 0.210 e. The number of carbonyl (C=O) groups is 1. The van der Waals surface area contributed by atoms with Gasteiger partial charge < -0.3 is 20.3 Å². The molecule has 0 radical (unpaired) electrons. The fourth-order valence-corrected chi connectivity index (χ4v) is 5.99. The second-order valence-electron chi connectivity index (χ2n) is 9.58. The van der Waals surface area contributed by atoms with Crippen LogP contribution in [-0.2, 0) is 15.1 Å². The molecule has 0 bridgehead atoms. The fraction of sp³-hybridized carbons (Fsp3) is 0.429. The van der Waals surface area contributed by atoms with Gasteiger partial charge in [-0.25, -0.2) is 4.98 Å². The van der Waals surface area contributed by atoms with Gasteiger partial charge in [-0.15, -0.1) is 0 Å². The van der Waals surface area contributed by atoms with E-state index in [2.05, 4.69) is 61.2 Å². The molecule has 1 amide bonds. The summed E-state index contributed by atoms with van der Waals surface area (Å²) in [5.74, 6) is 0.563. The van der Waals surface area contributed by atoms with E-state index in [1.54, 1.807) is 0 Å². The first-order chi connectivity index (χ1) is 16.6. The van der Waals surface area contributed by atoms with Crippen molar-refractivity contribution in [2.75, 3.05) is 43.5 Å². The Kier molecular flexibility index (Phi) is 6.17. The molecule has 3 heterocycles. The van der Waals surface area contributed by atoms with Crippen LogP contribution in [0.4, 0.5) is 11.5 Å². The number of nitrogens with two attached hydrogens (primary N) is 1. The third kappa shape index (κ3) is 3.80. The molecule has 2 fully saturated rings. The molecule has 2 aliphatic rings. The van der Waals surface area contributed by atoms with Crippen molar-refractivity contribution in [2.45, 2.75) is 45.1 Å². The number of carbonyl (C=O) groups excluding carboxylic acids is 1. The first-order valence-corrected chi connectivity index (χ1v) is 12.4. The van der Waals surface area contributed by atoms with Crippen LogP contribution < -0.4 is 10.6 Å². The van der Waals surface area contributed by atoms with E-state index in [4.69, 9.17) is 15.5 Å². The van der Waals surface area contributed by atoms with Crippen molar-refractivity contribution >= 4 is 28.8 Å². The molecule has 2 saturated heterocycles. The van der Waals surface area contributed by atoms with Gasteiger partial charge in [-0.1, -0.05) is 37.6 Å². The molecule has 0 spiro atoms. The van der Waals surface area contributed by atoms with Crippen molar-refractivity contribution in [1.82, 2.24) is 9.88 Å². The maximum absolute atomic E-state index is 12.1. The Labute approximate surface area is 201 Å². The number of hydrogen-bond donors (Lipinski definition) is 1. The zero-order valence-electron chi connectivity index (χ0n) is 20.2. The molecule has 2 aliphatic heterocycles. The molecule has 5 rings (SSSR count). The third-order valence-electron chi connectivity index (χ3n) is 7.57. The number of anilines is 2. The molecule has 0 saturated carbocycles. The van der Waals surface area contributed by atoms with Crippen molar-refractivity contribution in [1.29, 1.82) is 0 Å². The number of benzene rings is 2. The fourth-order valence-electron chi connectivity index (χ4n) is 5.99. The zero-order valence-corrected chi connectivity index (χ0v) is 20.2. The minimum Gasteiger partial charge on any atom is -0.382 e. The summed E-state index contributed by atoms with van der Waals surface area (Å²) in [6, 6.07) is 15.1. The van der Waals surface area contributed by atoms with Gasteiger partial charge in [-0.05, 0) is 66.6 Å². The van der Waals surface area contributed by atoms with Crippen molar-refractivity contribution in [2.24, 2.45) is 0 Å². The van der Waals surface area contributed by atoms with Crippen LogP contribution in [0, 0.1) is 6.92 Å². The van der Waals surface area contributed by atoms with Crippen LogP contribution in [-0.4, -0.2) is 49.1 Å². The molecule has 0 aliphatic carbocycles. The van der Waals surface area contributed by atoms with Gasteiger partial charge in [-0.3, -0.25) is 4.79 Å². The number of aromatic nitrogens is 1. The molecule has 6 nitrogen and oxygen atoms in total. The van der Waals surface area contributed by atoms with Gasteiger partial charge in [-0.2, -0.15) is 0 Å². The van der Waals surface area contributed by atoms with Gasteiger partial charge in [0.15, 0.2) is 0 Å². The van der Waals surface area contributed by atoms with Gasteiger partial charge in [0.25, 0.3) is 0 Å². The SMILES string of the molecule is CCCC1(c2cccc(C)c2-c2ccc3nc(N)c(N4CCOCC4)cc3c2)CCCN1C=O. The molecule has 2 N–H and O–H groups in total. The Morgan fingerprint density at radius 1 is 1.15 bits per heavy atom. The number of aryl methyl sites for hydroxylation is 1. The van der Waals surface area contributed by atoms with Crippen molar-refractivity contribution in [3.8, 4) is 11.1 Å². The van der Waals surface area contributed by atoms with Crippen molar-refractivity contribution in [3.05, 3.63) is 53.6 Å². The van der Waals surface area contributed by atoms with Crippen LogP contribution in [0.1, 0.15) is 43.7 Å². The van der Waals surface area contributed by atoms with Crippen molar-refractivity contribution < 1.29 is 9.53 Å². The highest BCUT2D eigenvalue weighted by atomic mass is 16.5. The molecule has 178 valence electrons. The summed E-state index contributed by atoms with van der Waals surface area (Å²) < 4.78 is 5.52. The van der Waals surface area contributed by atoms with Crippen LogP contribution in [0.15, 0.2) is 42.5 Å². The summed E-state index contributed by atoms with van der Waals surface area (Å²) in [4.78, 5) is 21.1. The average Bonchev–Trinajstić information content (AvgIpc) is 3.27. The monoisotopic (exact) mass is 458 g/mol. The Morgan fingerprint density at radius 3 is 2.74 bits per heavy atom. The molecule has 3 aromatic rings. The summed E-state index contributed by atoms with van der Waals surface area (Å²) in [7, 11) is 0. The highest BCUT2D eigenvalue weighted by Gasteiger charge is 2.42. The van der Waals surface area contributed by atoms with E-state index >= 15 is 0 Å². The number of pyridine rings is 1. The van der Waals surface area contributed by atoms with Crippen LogP contribution >= 0.6 is 0 Å². The second kappa shape index (κ2) is 9.26. The van der Waals surface area contributed by atoms with Gasteiger partial charge in [0.1, 0.15) is 5.82 Å². The summed E-state index contributed by atoms with van der Waals surface area (Å²) in [6.45, 7) is 8.25. The predicted molar refractivity (Wildman–Crippen MR) is 138 cm³/mol. The van der Waals surface area contributed by atoms with E-state index in [-0.39, 0.29) is 5.54 Å². The highest BCUT2D eigenvalue weighted by Crippen LogP contribution is 2.46.